The summed E-state index contributed by atoms with van der Waals surface area (Å²) in [7, 11) is 0. The van der Waals surface area contributed by atoms with Crippen molar-refractivity contribution >= 4 is 5.69 Å². The van der Waals surface area contributed by atoms with Crippen LogP contribution in [0.2, 0.25) is 0 Å². The average molecular weight is 237 g/mol. The third kappa shape index (κ3) is 4.27. The fourth-order valence-electron chi connectivity index (χ4n) is 1.47. The second-order valence-electron chi connectivity index (χ2n) is 4.64. The monoisotopic (exact) mass is 237 g/mol. The minimum Gasteiger partial charge on any atom is -0.494 e. The molecule has 0 saturated heterocycles. The van der Waals surface area contributed by atoms with Gasteiger partial charge in [-0.3, -0.25) is 0 Å². The molecule has 96 valence electrons. The maximum atomic E-state index is 9.34. The Morgan fingerprint density at radius 2 is 2.12 bits per heavy atom. The van der Waals surface area contributed by atoms with E-state index in [1.165, 1.54) is 0 Å². The topological polar surface area (TPSA) is 41.5 Å². The minimum atomic E-state index is -0.0678. The van der Waals surface area contributed by atoms with E-state index in [0.717, 1.165) is 24.4 Å². The van der Waals surface area contributed by atoms with Crippen LogP contribution in [0.15, 0.2) is 24.3 Å². The number of anilines is 1. The Labute approximate surface area is 104 Å². The number of aliphatic hydroxyl groups excluding tert-OH is 1. The summed E-state index contributed by atoms with van der Waals surface area (Å²) in [5, 5.41) is 12.7. The van der Waals surface area contributed by atoms with Gasteiger partial charge in [0.05, 0.1) is 13.2 Å². The molecular weight excluding hydrogens is 214 g/mol. The standard InChI is InChI=1S/C14H23NO2/c1-4-14(3,11-16)10-15-12-7-6-8-13(9-12)17-5-2/h6-9,15-16H,4-5,10-11H2,1-3H3. The van der Waals surface area contributed by atoms with E-state index in [9.17, 15) is 5.11 Å². The third-order valence-electron chi connectivity index (χ3n) is 3.10. The molecule has 1 aromatic carbocycles. The predicted molar refractivity (Wildman–Crippen MR) is 71.6 cm³/mol. The zero-order valence-corrected chi connectivity index (χ0v) is 11.0. The molecule has 0 aliphatic heterocycles. The van der Waals surface area contributed by atoms with Crippen molar-refractivity contribution in [1.29, 1.82) is 0 Å². The fourth-order valence-corrected chi connectivity index (χ4v) is 1.47. The van der Waals surface area contributed by atoms with Crippen LogP contribution in [-0.2, 0) is 0 Å². The summed E-state index contributed by atoms with van der Waals surface area (Å²) in [6.07, 6.45) is 0.946. The molecule has 0 amide bonds. The molecule has 0 heterocycles. The average Bonchev–Trinajstić information content (AvgIpc) is 2.37. The van der Waals surface area contributed by atoms with Gasteiger partial charge in [0.1, 0.15) is 5.75 Å². The predicted octanol–water partition coefficient (Wildman–Crippen LogP) is 2.91. The van der Waals surface area contributed by atoms with Crippen LogP contribution >= 0.6 is 0 Å². The quantitative estimate of drug-likeness (QED) is 0.766. The SMILES string of the molecule is CCOc1cccc(NCC(C)(CC)CO)c1. The lowest BCUT2D eigenvalue weighted by atomic mass is 9.88. The molecule has 3 nitrogen and oxygen atoms in total. The molecule has 2 N–H and O–H groups in total. The molecule has 1 rings (SSSR count). The van der Waals surface area contributed by atoms with Crippen molar-refractivity contribution in [3.8, 4) is 5.75 Å². The van der Waals surface area contributed by atoms with E-state index in [4.69, 9.17) is 4.74 Å². The summed E-state index contributed by atoms with van der Waals surface area (Å²) in [6.45, 7) is 7.77. The number of rotatable bonds is 7. The highest BCUT2D eigenvalue weighted by atomic mass is 16.5. The molecule has 0 bridgehead atoms. The van der Waals surface area contributed by atoms with Crippen molar-refractivity contribution in [3.63, 3.8) is 0 Å². The van der Waals surface area contributed by atoms with E-state index in [1.807, 2.05) is 31.2 Å². The minimum absolute atomic E-state index is 0.0678. The van der Waals surface area contributed by atoms with Gasteiger partial charge in [-0.15, -0.1) is 0 Å². The van der Waals surface area contributed by atoms with Crippen LogP contribution in [-0.4, -0.2) is 24.9 Å². The van der Waals surface area contributed by atoms with Crippen LogP contribution in [0.25, 0.3) is 0 Å². The van der Waals surface area contributed by atoms with Gasteiger partial charge in [0, 0.05) is 23.7 Å². The lowest BCUT2D eigenvalue weighted by molar-refractivity contribution is 0.149. The number of aliphatic hydroxyl groups is 1. The van der Waals surface area contributed by atoms with Crippen LogP contribution in [0, 0.1) is 5.41 Å². The van der Waals surface area contributed by atoms with Gasteiger partial charge >= 0.3 is 0 Å². The fraction of sp³-hybridized carbons (Fsp3) is 0.571. The molecule has 0 aromatic heterocycles. The highest BCUT2D eigenvalue weighted by Gasteiger charge is 2.20. The van der Waals surface area contributed by atoms with Crippen LogP contribution in [0.3, 0.4) is 0 Å². The van der Waals surface area contributed by atoms with E-state index in [-0.39, 0.29) is 12.0 Å². The van der Waals surface area contributed by atoms with Gasteiger partial charge in [0.15, 0.2) is 0 Å². The molecule has 1 aromatic rings. The normalized spacial score (nSPS) is 14.1. The Bertz CT molecular complexity index is 335. The van der Waals surface area contributed by atoms with Gasteiger partial charge in [0.2, 0.25) is 0 Å². The molecule has 0 fully saturated rings. The van der Waals surface area contributed by atoms with Crippen LogP contribution in [0.1, 0.15) is 27.2 Å². The van der Waals surface area contributed by atoms with Crippen molar-refractivity contribution < 1.29 is 9.84 Å². The van der Waals surface area contributed by atoms with E-state index < -0.39 is 0 Å². The zero-order valence-electron chi connectivity index (χ0n) is 11.0. The van der Waals surface area contributed by atoms with Crippen molar-refractivity contribution in [3.05, 3.63) is 24.3 Å². The lowest BCUT2D eigenvalue weighted by Crippen LogP contribution is -2.29. The van der Waals surface area contributed by atoms with E-state index in [1.54, 1.807) is 0 Å². The molecule has 3 heteroatoms. The van der Waals surface area contributed by atoms with Gasteiger partial charge in [0.25, 0.3) is 0 Å². The maximum absolute atomic E-state index is 9.34. The van der Waals surface area contributed by atoms with Gasteiger partial charge in [-0.1, -0.05) is 19.9 Å². The zero-order chi connectivity index (χ0) is 12.7. The largest absolute Gasteiger partial charge is 0.494 e. The second-order valence-corrected chi connectivity index (χ2v) is 4.64. The molecule has 1 atom stereocenters. The third-order valence-corrected chi connectivity index (χ3v) is 3.10. The smallest absolute Gasteiger partial charge is 0.121 e. The molecular formula is C14H23NO2. The Hall–Kier alpha value is -1.22. The second kappa shape index (κ2) is 6.50. The first-order valence-corrected chi connectivity index (χ1v) is 6.21. The van der Waals surface area contributed by atoms with Crippen molar-refractivity contribution in [2.24, 2.45) is 5.41 Å². The van der Waals surface area contributed by atoms with Gasteiger partial charge < -0.3 is 15.2 Å². The van der Waals surface area contributed by atoms with Gasteiger partial charge in [-0.2, -0.15) is 0 Å². The Morgan fingerprint density at radius 1 is 1.35 bits per heavy atom. The van der Waals surface area contributed by atoms with Crippen LogP contribution in [0.5, 0.6) is 5.75 Å². The number of nitrogens with one attached hydrogen (secondary N) is 1. The maximum Gasteiger partial charge on any atom is 0.121 e. The van der Waals surface area contributed by atoms with Crippen LogP contribution in [0.4, 0.5) is 5.69 Å². The molecule has 0 aliphatic carbocycles. The summed E-state index contributed by atoms with van der Waals surface area (Å²) in [5.74, 6) is 0.875. The number of hydrogen-bond donors (Lipinski definition) is 2. The molecule has 0 saturated carbocycles. The van der Waals surface area contributed by atoms with Crippen LogP contribution < -0.4 is 10.1 Å². The summed E-state index contributed by atoms with van der Waals surface area (Å²) in [5.41, 5.74) is 0.964. The first-order valence-electron chi connectivity index (χ1n) is 6.21. The molecule has 0 radical (unpaired) electrons. The lowest BCUT2D eigenvalue weighted by Gasteiger charge is -2.26. The van der Waals surface area contributed by atoms with Crippen molar-refractivity contribution in [2.75, 3.05) is 25.1 Å². The number of benzene rings is 1. The molecule has 17 heavy (non-hydrogen) atoms. The Morgan fingerprint density at radius 3 is 2.71 bits per heavy atom. The Balaban J connectivity index is 2.59. The molecule has 1 unspecified atom stereocenters. The van der Waals surface area contributed by atoms with Gasteiger partial charge in [-0.05, 0) is 25.5 Å². The van der Waals surface area contributed by atoms with Crippen molar-refractivity contribution in [2.45, 2.75) is 27.2 Å². The summed E-state index contributed by atoms with van der Waals surface area (Å²) in [4.78, 5) is 0. The number of ether oxygens (including phenoxy) is 1. The summed E-state index contributed by atoms with van der Waals surface area (Å²) in [6, 6.07) is 7.90. The van der Waals surface area contributed by atoms with E-state index >= 15 is 0 Å². The van der Waals surface area contributed by atoms with E-state index in [0.29, 0.717) is 6.61 Å². The highest BCUT2D eigenvalue weighted by molar-refractivity contribution is 5.48. The van der Waals surface area contributed by atoms with Gasteiger partial charge in [-0.25, -0.2) is 0 Å². The molecule has 0 aliphatic rings. The number of hydrogen-bond acceptors (Lipinski definition) is 3. The summed E-state index contributed by atoms with van der Waals surface area (Å²) >= 11 is 0. The molecule has 0 spiro atoms. The van der Waals surface area contributed by atoms with E-state index in [2.05, 4.69) is 19.2 Å². The Kier molecular flexibility index (Phi) is 5.29. The first kappa shape index (κ1) is 13.8. The van der Waals surface area contributed by atoms with Crippen molar-refractivity contribution in [1.82, 2.24) is 0 Å². The highest BCUT2D eigenvalue weighted by Crippen LogP contribution is 2.23. The summed E-state index contributed by atoms with van der Waals surface area (Å²) < 4.78 is 5.44. The first-order chi connectivity index (χ1) is 8.13.